The Morgan fingerprint density at radius 1 is 1.24 bits per heavy atom. The number of hydrogen-bond donors (Lipinski definition) is 2. The Morgan fingerprint density at radius 2 is 1.86 bits per heavy atom. The van der Waals surface area contributed by atoms with Crippen molar-refractivity contribution in [1.82, 2.24) is 10.2 Å². The quantitative estimate of drug-likeness (QED) is 0.779. The van der Waals surface area contributed by atoms with Gasteiger partial charge in [0.1, 0.15) is 5.41 Å². The van der Waals surface area contributed by atoms with Crippen molar-refractivity contribution in [2.45, 2.75) is 57.5 Å². The van der Waals surface area contributed by atoms with Crippen molar-refractivity contribution < 1.29 is 19.4 Å². The first-order valence-electron chi connectivity index (χ1n) is 7.79. The molecule has 1 heterocycles. The van der Waals surface area contributed by atoms with Gasteiger partial charge in [0.25, 0.3) is 0 Å². The van der Waals surface area contributed by atoms with Gasteiger partial charge in [0.15, 0.2) is 0 Å². The third-order valence-corrected chi connectivity index (χ3v) is 4.93. The zero-order valence-corrected chi connectivity index (χ0v) is 12.9. The molecule has 0 bridgehead atoms. The van der Waals surface area contributed by atoms with E-state index < -0.39 is 17.4 Å². The molecule has 0 aromatic carbocycles. The van der Waals surface area contributed by atoms with E-state index in [4.69, 9.17) is 4.74 Å². The molecule has 2 amide bonds. The molecule has 2 N–H and O–H groups in total. The number of amides is 2. The maximum atomic E-state index is 12.4. The number of hydrogen-bond acceptors (Lipinski definition) is 3. The van der Waals surface area contributed by atoms with Gasteiger partial charge in [0.2, 0.25) is 0 Å². The highest BCUT2D eigenvalue weighted by atomic mass is 16.5. The molecule has 0 spiro atoms. The third kappa shape index (κ3) is 3.48. The molecule has 120 valence electrons. The number of ether oxygens (including phenoxy) is 1. The lowest BCUT2D eigenvalue weighted by molar-refractivity contribution is -0.148. The molecule has 6 heteroatoms. The van der Waals surface area contributed by atoms with E-state index in [0.717, 1.165) is 25.7 Å². The first-order chi connectivity index (χ1) is 9.95. The summed E-state index contributed by atoms with van der Waals surface area (Å²) in [7, 11) is 1.80. The Hall–Kier alpha value is -1.30. The Morgan fingerprint density at radius 3 is 2.43 bits per heavy atom. The number of nitrogens with zero attached hydrogens (tertiary/aromatic N) is 1. The third-order valence-electron chi connectivity index (χ3n) is 4.93. The minimum atomic E-state index is -1.04. The predicted octanol–water partition coefficient (Wildman–Crippen LogP) is 1.84. The number of rotatable bonds is 3. The number of nitrogens with one attached hydrogen (secondary N) is 1. The standard InChI is InChI=1S/C15H26N2O4/c1-15(13(18)19)10-21-9-12(15)16-14(20)17(2)11-7-5-3-4-6-8-11/h11-12H,3-10H2,1-2H3,(H,16,20)(H,18,19). The molecule has 1 saturated heterocycles. The summed E-state index contributed by atoms with van der Waals surface area (Å²) in [4.78, 5) is 25.5. The van der Waals surface area contributed by atoms with E-state index in [9.17, 15) is 14.7 Å². The molecule has 1 aliphatic heterocycles. The number of urea groups is 1. The highest BCUT2D eigenvalue weighted by Gasteiger charge is 2.47. The van der Waals surface area contributed by atoms with Gasteiger partial charge in [-0.15, -0.1) is 0 Å². The second-order valence-electron chi connectivity index (χ2n) is 6.50. The van der Waals surface area contributed by atoms with Crippen LogP contribution in [0.2, 0.25) is 0 Å². The van der Waals surface area contributed by atoms with E-state index >= 15 is 0 Å². The Bertz CT molecular complexity index is 393. The average Bonchev–Trinajstić information content (AvgIpc) is 2.68. The topological polar surface area (TPSA) is 78.9 Å². The summed E-state index contributed by atoms with van der Waals surface area (Å²) in [6, 6.07) is -0.411. The number of carbonyl (C=O) groups is 2. The average molecular weight is 298 g/mol. The molecule has 0 aromatic heterocycles. The van der Waals surface area contributed by atoms with Gasteiger partial charge in [-0.2, -0.15) is 0 Å². The van der Waals surface area contributed by atoms with Crippen molar-refractivity contribution in [1.29, 1.82) is 0 Å². The van der Waals surface area contributed by atoms with Crippen LogP contribution < -0.4 is 5.32 Å². The number of carboxylic acids is 1. The van der Waals surface area contributed by atoms with Gasteiger partial charge in [0, 0.05) is 13.1 Å². The van der Waals surface area contributed by atoms with Gasteiger partial charge in [-0.1, -0.05) is 25.7 Å². The molecule has 0 radical (unpaired) electrons. The Labute approximate surface area is 125 Å². The summed E-state index contributed by atoms with van der Waals surface area (Å²) in [5, 5.41) is 12.2. The van der Waals surface area contributed by atoms with Crippen LogP contribution >= 0.6 is 0 Å². The van der Waals surface area contributed by atoms with Gasteiger partial charge in [-0.25, -0.2) is 4.79 Å². The fourth-order valence-corrected chi connectivity index (χ4v) is 3.15. The SMILES string of the molecule is CN(C(=O)NC1COCC1(C)C(=O)O)C1CCCCCC1. The van der Waals surface area contributed by atoms with Crippen LogP contribution in [0.4, 0.5) is 4.79 Å². The van der Waals surface area contributed by atoms with Gasteiger partial charge < -0.3 is 20.1 Å². The van der Waals surface area contributed by atoms with E-state index in [1.165, 1.54) is 12.8 Å². The van der Waals surface area contributed by atoms with Crippen LogP contribution in [0.5, 0.6) is 0 Å². The molecule has 2 atom stereocenters. The van der Waals surface area contributed by atoms with Crippen molar-refractivity contribution in [2.75, 3.05) is 20.3 Å². The van der Waals surface area contributed by atoms with E-state index in [2.05, 4.69) is 5.32 Å². The Kier molecular flexibility index (Phi) is 5.08. The molecular formula is C15H26N2O4. The molecule has 1 aliphatic carbocycles. The van der Waals surface area contributed by atoms with Gasteiger partial charge >= 0.3 is 12.0 Å². The largest absolute Gasteiger partial charge is 0.481 e. The van der Waals surface area contributed by atoms with Crippen LogP contribution in [0, 0.1) is 5.41 Å². The lowest BCUT2D eigenvalue weighted by atomic mass is 9.85. The fourth-order valence-electron chi connectivity index (χ4n) is 3.15. The predicted molar refractivity (Wildman–Crippen MR) is 78.1 cm³/mol. The van der Waals surface area contributed by atoms with Crippen LogP contribution in [0.25, 0.3) is 0 Å². The van der Waals surface area contributed by atoms with E-state index in [1.54, 1.807) is 18.9 Å². The molecule has 6 nitrogen and oxygen atoms in total. The van der Waals surface area contributed by atoms with Crippen LogP contribution in [0.1, 0.15) is 45.4 Å². The van der Waals surface area contributed by atoms with E-state index in [-0.39, 0.29) is 25.3 Å². The van der Waals surface area contributed by atoms with Crippen LogP contribution in [-0.2, 0) is 9.53 Å². The minimum absolute atomic E-state index is 0.139. The molecule has 2 unspecified atom stereocenters. The molecule has 21 heavy (non-hydrogen) atoms. The molecule has 2 rings (SSSR count). The molecule has 2 fully saturated rings. The number of carbonyl (C=O) groups excluding carboxylic acids is 1. The second kappa shape index (κ2) is 6.64. The number of aliphatic carboxylic acids is 1. The zero-order valence-electron chi connectivity index (χ0n) is 12.9. The Balaban J connectivity index is 1.95. The highest BCUT2D eigenvalue weighted by Crippen LogP contribution is 2.29. The van der Waals surface area contributed by atoms with Crippen molar-refractivity contribution in [3.8, 4) is 0 Å². The van der Waals surface area contributed by atoms with Gasteiger partial charge in [-0.3, -0.25) is 4.79 Å². The lowest BCUT2D eigenvalue weighted by Crippen LogP contribution is -2.54. The molecule has 2 aliphatic rings. The maximum absolute atomic E-state index is 12.4. The maximum Gasteiger partial charge on any atom is 0.317 e. The van der Waals surface area contributed by atoms with Crippen molar-refractivity contribution in [3.63, 3.8) is 0 Å². The molecule has 1 saturated carbocycles. The highest BCUT2D eigenvalue weighted by molar-refractivity contribution is 5.79. The number of carboxylic acid groups (broad SMARTS) is 1. The minimum Gasteiger partial charge on any atom is -0.481 e. The summed E-state index contributed by atoms with van der Waals surface area (Å²) in [5.41, 5.74) is -1.04. The fraction of sp³-hybridized carbons (Fsp3) is 0.867. The van der Waals surface area contributed by atoms with Crippen LogP contribution in [-0.4, -0.2) is 54.4 Å². The summed E-state index contributed by atoms with van der Waals surface area (Å²) in [5.74, 6) is -0.928. The smallest absolute Gasteiger partial charge is 0.317 e. The normalized spacial score (nSPS) is 30.7. The van der Waals surface area contributed by atoms with Gasteiger partial charge in [-0.05, 0) is 19.8 Å². The van der Waals surface area contributed by atoms with E-state index in [1.807, 2.05) is 0 Å². The van der Waals surface area contributed by atoms with Crippen LogP contribution in [0.3, 0.4) is 0 Å². The van der Waals surface area contributed by atoms with Crippen LogP contribution in [0.15, 0.2) is 0 Å². The van der Waals surface area contributed by atoms with Crippen molar-refractivity contribution in [3.05, 3.63) is 0 Å². The monoisotopic (exact) mass is 298 g/mol. The first-order valence-corrected chi connectivity index (χ1v) is 7.79. The molecular weight excluding hydrogens is 272 g/mol. The zero-order chi connectivity index (χ0) is 15.5. The second-order valence-corrected chi connectivity index (χ2v) is 6.50. The first kappa shape index (κ1) is 16.1. The van der Waals surface area contributed by atoms with E-state index in [0.29, 0.717) is 0 Å². The molecule has 0 aromatic rings. The summed E-state index contributed by atoms with van der Waals surface area (Å²) >= 11 is 0. The van der Waals surface area contributed by atoms with Crippen molar-refractivity contribution in [2.24, 2.45) is 5.41 Å². The summed E-state index contributed by atoms with van der Waals surface area (Å²) in [6.45, 7) is 2.02. The van der Waals surface area contributed by atoms with Gasteiger partial charge in [0.05, 0.1) is 19.3 Å². The summed E-state index contributed by atoms with van der Waals surface area (Å²) < 4.78 is 5.27. The lowest BCUT2D eigenvalue weighted by Gasteiger charge is -2.31. The summed E-state index contributed by atoms with van der Waals surface area (Å²) in [6.07, 6.45) is 6.84. The van der Waals surface area contributed by atoms with Crippen molar-refractivity contribution >= 4 is 12.0 Å².